The van der Waals surface area contributed by atoms with Crippen molar-refractivity contribution in [2.24, 2.45) is 0 Å². The summed E-state index contributed by atoms with van der Waals surface area (Å²) in [4.78, 5) is 6.37. The van der Waals surface area contributed by atoms with Crippen molar-refractivity contribution >= 4 is 10.9 Å². The summed E-state index contributed by atoms with van der Waals surface area (Å²) in [5.74, 6) is -0.142. The first-order valence-corrected chi connectivity index (χ1v) is 8.29. The van der Waals surface area contributed by atoms with E-state index < -0.39 is 12.6 Å². The molecule has 23 heavy (non-hydrogen) atoms. The molecule has 2 heterocycles. The maximum Gasteiger partial charge on any atom is 0.217 e. The van der Waals surface area contributed by atoms with Crippen molar-refractivity contribution in [3.8, 4) is 5.75 Å². The fourth-order valence-corrected chi connectivity index (χ4v) is 3.43. The molecule has 1 saturated heterocycles. The zero-order chi connectivity index (χ0) is 15.8. The van der Waals surface area contributed by atoms with Crippen molar-refractivity contribution < 1.29 is 13.5 Å². The molecule has 4 rings (SSSR count). The maximum absolute atomic E-state index is 13.8. The number of ether oxygens (including phenoxy) is 1. The van der Waals surface area contributed by atoms with Crippen molar-refractivity contribution in [3.05, 3.63) is 35.8 Å². The van der Waals surface area contributed by atoms with E-state index in [4.69, 9.17) is 4.74 Å². The van der Waals surface area contributed by atoms with Crippen LogP contribution in [0.25, 0.3) is 10.9 Å². The lowest BCUT2D eigenvalue weighted by molar-refractivity contribution is 0.0974. The smallest absolute Gasteiger partial charge is 0.217 e. The molecule has 1 aliphatic heterocycles. The maximum atomic E-state index is 13.8. The van der Waals surface area contributed by atoms with Gasteiger partial charge in [-0.15, -0.1) is 0 Å². The average molecular weight is 318 g/mol. The van der Waals surface area contributed by atoms with Gasteiger partial charge in [-0.25, -0.2) is 9.37 Å². The summed E-state index contributed by atoms with van der Waals surface area (Å²) < 4.78 is 33.0. The number of likely N-dealkylation sites (tertiary alicyclic amines) is 1. The van der Waals surface area contributed by atoms with Crippen LogP contribution in [0.15, 0.2) is 24.3 Å². The highest BCUT2D eigenvalue weighted by molar-refractivity contribution is 5.87. The molecule has 0 spiro atoms. The molecule has 0 unspecified atom stereocenters. The van der Waals surface area contributed by atoms with Crippen molar-refractivity contribution in [3.63, 3.8) is 0 Å². The molecule has 0 N–H and O–H groups in total. The molecular formula is C18H20F2N2O. The van der Waals surface area contributed by atoms with Gasteiger partial charge >= 0.3 is 0 Å². The molecule has 0 radical (unpaired) electrons. The summed E-state index contributed by atoms with van der Waals surface area (Å²) in [5.41, 5.74) is 0.760. The Kier molecular flexibility index (Phi) is 3.89. The van der Waals surface area contributed by atoms with Gasteiger partial charge in [-0.2, -0.15) is 4.39 Å². The van der Waals surface area contributed by atoms with Gasteiger partial charge in [-0.3, -0.25) is 0 Å². The molecule has 2 fully saturated rings. The number of pyridine rings is 1. The fourth-order valence-electron chi connectivity index (χ4n) is 3.43. The van der Waals surface area contributed by atoms with Crippen LogP contribution in [0.1, 0.15) is 31.2 Å². The van der Waals surface area contributed by atoms with Crippen LogP contribution >= 0.6 is 0 Å². The molecule has 2 aliphatic rings. The third-order valence-corrected chi connectivity index (χ3v) is 4.83. The molecule has 0 amide bonds. The Balaban J connectivity index is 1.56. The van der Waals surface area contributed by atoms with Gasteiger partial charge < -0.3 is 9.64 Å². The number of rotatable bonds is 4. The zero-order valence-electron chi connectivity index (χ0n) is 13.0. The van der Waals surface area contributed by atoms with Gasteiger partial charge in [0, 0.05) is 36.1 Å². The largest absolute Gasteiger partial charge is 0.489 e. The summed E-state index contributed by atoms with van der Waals surface area (Å²) in [5, 5.41) is 0.686. The lowest BCUT2D eigenvalue weighted by Gasteiger charge is -2.32. The first-order chi connectivity index (χ1) is 11.2. The minimum Gasteiger partial charge on any atom is -0.489 e. The van der Waals surface area contributed by atoms with Gasteiger partial charge in [0.25, 0.3) is 0 Å². The minimum absolute atomic E-state index is 0.0871. The molecule has 1 aromatic carbocycles. The number of fused-ring (bicyclic) bond motifs is 1. The summed E-state index contributed by atoms with van der Waals surface area (Å²) in [7, 11) is 0. The summed E-state index contributed by atoms with van der Waals surface area (Å²) in [6.07, 6.45) is 4.62. The van der Waals surface area contributed by atoms with Gasteiger partial charge in [0.2, 0.25) is 5.95 Å². The highest BCUT2D eigenvalue weighted by Crippen LogP contribution is 2.32. The highest BCUT2D eigenvalue weighted by atomic mass is 19.1. The molecule has 5 heteroatoms. The van der Waals surface area contributed by atoms with Gasteiger partial charge in [-0.05, 0) is 31.7 Å². The SMILES string of the molecule is FCc1cccc2c(OC3CCN(C4CC4)CC3)cc(F)nc12. The van der Waals surface area contributed by atoms with E-state index in [0.29, 0.717) is 22.2 Å². The Hall–Kier alpha value is -1.75. The van der Waals surface area contributed by atoms with E-state index in [-0.39, 0.29) is 6.10 Å². The second-order valence-electron chi connectivity index (χ2n) is 6.47. The number of piperidine rings is 1. The number of nitrogens with zero attached hydrogens (tertiary/aromatic N) is 2. The van der Waals surface area contributed by atoms with Crippen LogP contribution in [-0.4, -0.2) is 35.1 Å². The molecule has 1 aromatic heterocycles. The Morgan fingerprint density at radius 3 is 2.65 bits per heavy atom. The highest BCUT2D eigenvalue weighted by Gasteiger charge is 2.32. The molecule has 3 nitrogen and oxygen atoms in total. The number of hydrogen-bond donors (Lipinski definition) is 0. The van der Waals surface area contributed by atoms with Gasteiger partial charge in [0.05, 0.1) is 5.52 Å². The van der Waals surface area contributed by atoms with Crippen LogP contribution in [-0.2, 0) is 6.67 Å². The lowest BCUT2D eigenvalue weighted by Crippen LogP contribution is -2.39. The second kappa shape index (κ2) is 6.04. The standard InChI is InChI=1S/C18H20F2N2O/c19-11-12-2-1-3-15-16(10-17(20)21-18(12)15)23-14-6-8-22(9-7-14)13-4-5-13/h1-3,10,13-14H,4-9,11H2. The van der Waals surface area contributed by atoms with E-state index in [9.17, 15) is 8.78 Å². The number of aromatic nitrogens is 1. The molecule has 0 atom stereocenters. The van der Waals surface area contributed by atoms with E-state index in [1.54, 1.807) is 12.1 Å². The number of alkyl halides is 1. The lowest BCUT2D eigenvalue weighted by atomic mass is 10.1. The second-order valence-corrected chi connectivity index (χ2v) is 6.47. The summed E-state index contributed by atoms with van der Waals surface area (Å²) in [6, 6.07) is 7.31. The van der Waals surface area contributed by atoms with Crippen LogP contribution < -0.4 is 4.74 Å². The van der Waals surface area contributed by atoms with Crippen molar-refractivity contribution in [1.82, 2.24) is 9.88 Å². The van der Waals surface area contributed by atoms with Gasteiger partial charge in [-0.1, -0.05) is 12.1 Å². The fraction of sp³-hybridized carbons (Fsp3) is 0.500. The van der Waals surface area contributed by atoms with E-state index >= 15 is 0 Å². The van der Waals surface area contributed by atoms with E-state index in [2.05, 4.69) is 9.88 Å². The van der Waals surface area contributed by atoms with Crippen molar-refractivity contribution in [2.75, 3.05) is 13.1 Å². The Morgan fingerprint density at radius 1 is 1.17 bits per heavy atom. The molecule has 1 saturated carbocycles. The van der Waals surface area contributed by atoms with Crippen LogP contribution in [0.2, 0.25) is 0 Å². The summed E-state index contributed by atoms with van der Waals surface area (Å²) >= 11 is 0. The van der Waals surface area contributed by atoms with E-state index in [1.807, 2.05) is 6.07 Å². The normalized spacial score (nSPS) is 20.1. The monoisotopic (exact) mass is 318 g/mol. The van der Waals surface area contributed by atoms with Crippen LogP contribution in [0.5, 0.6) is 5.75 Å². The Labute approximate surface area is 134 Å². The quantitative estimate of drug-likeness (QED) is 0.801. The van der Waals surface area contributed by atoms with E-state index in [1.165, 1.54) is 18.9 Å². The molecule has 0 bridgehead atoms. The van der Waals surface area contributed by atoms with Crippen LogP contribution in [0.3, 0.4) is 0 Å². The Bertz CT molecular complexity index is 709. The van der Waals surface area contributed by atoms with Gasteiger partial charge in [0.15, 0.2) is 0 Å². The molecule has 1 aliphatic carbocycles. The molecular weight excluding hydrogens is 298 g/mol. The third kappa shape index (κ3) is 3.02. The number of halogens is 2. The molecule has 2 aromatic rings. The number of benzene rings is 1. The van der Waals surface area contributed by atoms with Crippen molar-refractivity contribution in [2.45, 2.75) is 44.5 Å². The van der Waals surface area contributed by atoms with E-state index in [0.717, 1.165) is 32.0 Å². The van der Waals surface area contributed by atoms with Crippen LogP contribution in [0, 0.1) is 5.95 Å². The zero-order valence-corrected chi connectivity index (χ0v) is 13.0. The first kappa shape index (κ1) is 14.8. The molecule has 122 valence electrons. The Morgan fingerprint density at radius 2 is 1.96 bits per heavy atom. The number of hydrogen-bond acceptors (Lipinski definition) is 3. The van der Waals surface area contributed by atoms with Crippen molar-refractivity contribution in [1.29, 1.82) is 0 Å². The topological polar surface area (TPSA) is 25.4 Å². The number of para-hydroxylation sites is 1. The predicted octanol–water partition coefficient (Wildman–Crippen LogP) is 3.85. The third-order valence-electron chi connectivity index (χ3n) is 4.83. The summed E-state index contributed by atoms with van der Waals surface area (Å²) in [6.45, 7) is 1.42. The first-order valence-electron chi connectivity index (χ1n) is 8.29. The average Bonchev–Trinajstić information content (AvgIpc) is 3.40. The van der Waals surface area contributed by atoms with Gasteiger partial charge in [0.1, 0.15) is 18.5 Å². The van der Waals surface area contributed by atoms with Crippen LogP contribution in [0.4, 0.5) is 8.78 Å². The minimum atomic E-state index is -0.660. The predicted molar refractivity (Wildman–Crippen MR) is 84.8 cm³/mol.